The van der Waals surface area contributed by atoms with E-state index < -0.39 is 47.7 Å². The molecule has 0 saturated heterocycles. The number of nitrogens with one attached hydrogen (secondary N) is 4. The lowest BCUT2D eigenvalue weighted by atomic mass is 9.93. The molecule has 1 fully saturated rings. The van der Waals surface area contributed by atoms with Gasteiger partial charge in [-0.15, -0.1) is 0 Å². The van der Waals surface area contributed by atoms with Gasteiger partial charge < -0.3 is 26.0 Å². The van der Waals surface area contributed by atoms with Crippen LogP contribution < -0.4 is 21.3 Å². The number of hydrogen-bond donors (Lipinski definition) is 4. The second-order valence-corrected chi connectivity index (χ2v) is 12.8. The van der Waals surface area contributed by atoms with Crippen LogP contribution in [0.3, 0.4) is 0 Å². The van der Waals surface area contributed by atoms with E-state index in [1.165, 1.54) is 0 Å². The Morgan fingerprint density at radius 1 is 0.766 bits per heavy atom. The molecule has 0 heterocycles. The summed E-state index contributed by atoms with van der Waals surface area (Å²) in [4.78, 5) is 66.5. The third-order valence-electron chi connectivity index (χ3n) is 8.34. The van der Waals surface area contributed by atoms with Crippen LogP contribution in [0, 0.1) is 11.8 Å². The molecule has 10 nitrogen and oxygen atoms in total. The Labute approximate surface area is 276 Å². The summed E-state index contributed by atoms with van der Waals surface area (Å²) in [5.41, 5.74) is 1.63. The van der Waals surface area contributed by atoms with Gasteiger partial charge in [-0.05, 0) is 53.0 Å². The molecule has 4 rings (SSSR count). The Morgan fingerprint density at radius 3 is 2.11 bits per heavy atom. The second-order valence-electron chi connectivity index (χ2n) is 12.8. The van der Waals surface area contributed by atoms with Crippen molar-refractivity contribution in [2.45, 2.75) is 90.6 Å². The zero-order valence-corrected chi connectivity index (χ0v) is 27.6. The molecule has 3 aromatic rings. The molecule has 4 amide bonds. The van der Waals surface area contributed by atoms with Crippen molar-refractivity contribution in [2.75, 3.05) is 0 Å². The largest absolute Gasteiger partial charge is 0.445 e. The minimum atomic E-state index is -1.17. The van der Waals surface area contributed by atoms with Crippen molar-refractivity contribution in [3.63, 3.8) is 0 Å². The Kier molecular flexibility index (Phi) is 12.5. The lowest BCUT2D eigenvalue weighted by Gasteiger charge is -2.27. The minimum absolute atomic E-state index is 0.0297. The van der Waals surface area contributed by atoms with Crippen LogP contribution in [0.25, 0.3) is 10.8 Å². The van der Waals surface area contributed by atoms with Gasteiger partial charge in [-0.3, -0.25) is 19.2 Å². The molecule has 1 aliphatic carbocycles. The summed E-state index contributed by atoms with van der Waals surface area (Å²) in [6, 6.07) is 19.8. The molecule has 10 heteroatoms. The topological polar surface area (TPSA) is 143 Å². The van der Waals surface area contributed by atoms with Gasteiger partial charge in [0.05, 0.1) is 6.04 Å². The van der Waals surface area contributed by atoms with Crippen LogP contribution in [0.15, 0.2) is 72.8 Å². The first-order valence-electron chi connectivity index (χ1n) is 16.4. The van der Waals surface area contributed by atoms with Crippen molar-refractivity contribution >= 4 is 40.4 Å². The van der Waals surface area contributed by atoms with Crippen molar-refractivity contribution in [1.29, 1.82) is 0 Å². The number of Topliss-reactive ketones (excluding diaryl/α,β-unsaturated/α-hetero) is 1. The molecule has 3 aromatic carbocycles. The van der Waals surface area contributed by atoms with Gasteiger partial charge in [0.15, 0.2) is 0 Å². The highest BCUT2D eigenvalue weighted by Crippen LogP contribution is 2.20. The molecule has 4 unspecified atom stereocenters. The molecule has 4 atom stereocenters. The van der Waals surface area contributed by atoms with Crippen LogP contribution in [0.4, 0.5) is 4.79 Å². The van der Waals surface area contributed by atoms with Crippen LogP contribution in [0.2, 0.25) is 0 Å². The summed E-state index contributed by atoms with van der Waals surface area (Å²) in [6.45, 7) is 7.47. The lowest BCUT2D eigenvalue weighted by Crippen LogP contribution is -2.58. The first kappa shape index (κ1) is 35.1. The normalized spacial score (nSPS) is 15.2. The number of ketones is 1. The molecule has 0 aromatic heterocycles. The van der Waals surface area contributed by atoms with Crippen molar-refractivity contribution < 1.29 is 28.7 Å². The fourth-order valence-electron chi connectivity index (χ4n) is 5.28. The Balaban J connectivity index is 1.45. The summed E-state index contributed by atoms with van der Waals surface area (Å²) in [7, 11) is 0. The maximum absolute atomic E-state index is 13.7. The van der Waals surface area contributed by atoms with Gasteiger partial charge in [0.25, 0.3) is 5.91 Å². The highest BCUT2D eigenvalue weighted by molar-refractivity contribution is 6.39. The lowest BCUT2D eigenvalue weighted by molar-refractivity contribution is -0.142. The van der Waals surface area contributed by atoms with E-state index in [1.54, 1.807) is 6.92 Å². The van der Waals surface area contributed by atoms with Gasteiger partial charge in [0.1, 0.15) is 18.7 Å². The fourth-order valence-corrected chi connectivity index (χ4v) is 5.28. The van der Waals surface area contributed by atoms with Crippen molar-refractivity contribution in [3.8, 4) is 0 Å². The zero-order valence-electron chi connectivity index (χ0n) is 27.6. The second kappa shape index (κ2) is 16.7. The predicted molar refractivity (Wildman–Crippen MR) is 180 cm³/mol. The number of ether oxygens (including phenoxy) is 1. The monoisotopic (exact) mass is 642 g/mol. The van der Waals surface area contributed by atoms with Gasteiger partial charge in [-0.1, -0.05) is 107 Å². The van der Waals surface area contributed by atoms with Crippen LogP contribution in [0.1, 0.15) is 64.5 Å². The molecule has 0 radical (unpaired) electrons. The van der Waals surface area contributed by atoms with Gasteiger partial charge >= 0.3 is 6.09 Å². The van der Waals surface area contributed by atoms with Crippen LogP contribution in [0.5, 0.6) is 0 Å². The average molecular weight is 643 g/mol. The number of benzene rings is 3. The van der Waals surface area contributed by atoms with Crippen molar-refractivity contribution in [3.05, 3.63) is 83.9 Å². The van der Waals surface area contributed by atoms with Crippen molar-refractivity contribution in [1.82, 2.24) is 21.3 Å². The van der Waals surface area contributed by atoms with Crippen LogP contribution in [-0.4, -0.2) is 53.8 Å². The highest BCUT2D eigenvalue weighted by atomic mass is 16.5. The van der Waals surface area contributed by atoms with E-state index in [-0.39, 0.29) is 37.3 Å². The third-order valence-corrected chi connectivity index (χ3v) is 8.34. The molecule has 1 saturated carbocycles. The molecule has 1 aliphatic rings. The van der Waals surface area contributed by atoms with Gasteiger partial charge in [0.2, 0.25) is 17.6 Å². The molecule has 4 N–H and O–H groups in total. The number of amides is 4. The number of carbonyl (C=O) groups excluding carboxylic acids is 5. The molecular formula is C37H46N4O6. The van der Waals surface area contributed by atoms with Gasteiger partial charge in [-0.25, -0.2) is 4.79 Å². The Bertz CT molecular complexity index is 1550. The first-order chi connectivity index (χ1) is 22.5. The summed E-state index contributed by atoms with van der Waals surface area (Å²) in [5.74, 6) is -3.14. The number of fused-ring (bicyclic) bond motifs is 1. The van der Waals surface area contributed by atoms with Crippen molar-refractivity contribution in [2.24, 2.45) is 11.8 Å². The fraction of sp³-hybridized carbons (Fsp3) is 0.432. The molecule has 47 heavy (non-hydrogen) atoms. The van der Waals surface area contributed by atoms with Gasteiger partial charge in [-0.2, -0.15) is 0 Å². The maximum atomic E-state index is 13.7. The zero-order chi connectivity index (χ0) is 33.9. The standard InChI is InChI=1S/C37H46N4O6/c1-5-24(4)32(41-35(44)30(19-23(2)3)40-37(46)47-22-25-11-7-6-8-12-25)33(42)36(45)39-31(34(43)38-29-17-18-29)21-26-15-16-27-13-9-10-14-28(27)20-26/h6-16,20,23-24,29-32H,5,17-19,21-22H2,1-4H3,(H,38,43)(H,39,45)(H,40,46)(H,41,44). The van der Waals surface area contributed by atoms with E-state index in [9.17, 15) is 24.0 Å². The molecule has 0 aliphatic heterocycles. The summed E-state index contributed by atoms with van der Waals surface area (Å²) >= 11 is 0. The summed E-state index contributed by atoms with van der Waals surface area (Å²) < 4.78 is 5.32. The predicted octanol–water partition coefficient (Wildman–Crippen LogP) is 4.59. The Hall–Kier alpha value is -4.73. The van der Waals surface area contributed by atoms with E-state index in [2.05, 4.69) is 21.3 Å². The highest BCUT2D eigenvalue weighted by Gasteiger charge is 2.36. The molecule has 0 bridgehead atoms. The average Bonchev–Trinajstić information content (AvgIpc) is 3.89. The van der Waals surface area contributed by atoms with E-state index in [1.807, 2.05) is 93.6 Å². The SMILES string of the molecule is CCC(C)C(NC(=O)C(CC(C)C)NC(=O)OCc1ccccc1)C(=O)C(=O)NC(Cc1ccc2ccccc2c1)C(=O)NC1CC1. The van der Waals surface area contributed by atoms with Gasteiger partial charge in [0, 0.05) is 12.5 Å². The smallest absolute Gasteiger partial charge is 0.408 e. The van der Waals surface area contributed by atoms with E-state index in [0.29, 0.717) is 6.42 Å². The van der Waals surface area contributed by atoms with E-state index in [0.717, 1.165) is 34.7 Å². The Morgan fingerprint density at radius 2 is 1.45 bits per heavy atom. The third kappa shape index (κ3) is 10.7. The first-order valence-corrected chi connectivity index (χ1v) is 16.4. The number of alkyl carbamates (subject to hydrolysis) is 1. The maximum Gasteiger partial charge on any atom is 0.408 e. The van der Waals surface area contributed by atoms with E-state index in [4.69, 9.17) is 4.74 Å². The molecule has 0 spiro atoms. The minimum Gasteiger partial charge on any atom is -0.445 e. The van der Waals surface area contributed by atoms with Crippen LogP contribution >= 0.6 is 0 Å². The quantitative estimate of drug-likeness (QED) is 0.169. The summed E-state index contributed by atoms with van der Waals surface area (Å²) in [6.07, 6.45) is 1.94. The summed E-state index contributed by atoms with van der Waals surface area (Å²) in [5, 5.41) is 13.0. The molecule has 250 valence electrons. The number of carbonyl (C=O) groups is 5. The molecular weight excluding hydrogens is 596 g/mol. The van der Waals surface area contributed by atoms with E-state index >= 15 is 0 Å². The van der Waals surface area contributed by atoms with Crippen LogP contribution in [-0.2, 0) is 36.9 Å². The number of hydrogen-bond acceptors (Lipinski definition) is 6. The number of rotatable bonds is 16.